The second-order valence-corrected chi connectivity index (χ2v) is 13.4. The fourth-order valence-corrected chi connectivity index (χ4v) is 8.24. The first-order valence-electron chi connectivity index (χ1n) is 13.0. The van der Waals surface area contributed by atoms with Gasteiger partial charge in [-0.15, -0.1) is 11.3 Å². The number of ketones is 1. The minimum atomic E-state index is -0.214. The third-order valence-corrected chi connectivity index (χ3v) is 9.87. The van der Waals surface area contributed by atoms with Crippen LogP contribution in [0.4, 0.5) is 5.13 Å². The lowest BCUT2D eigenvalue weighted by Gasteiger charge is -2.50. The molecule has 4 nitrogen and oxygen atoms in total. The number of fused-ring (bicyclic) bond motifs is 5. The van der Waals surface area contributed by atoms with E-state index >= 15 is 0 Å². The number of anilines is 1. The number of nitrogens with one attached hydrogen (secondary N) is 1. The summed E-state index contributed by atoms with van der Waals surface area (Å²) in [6.07, 6.45) is 8.06. The van der Waals surface area contributed by atoms with Crippen LogP contribution in [-0.4, -0.2) is 16.7 Å². The minimum absolute atomic E-state index is 0.0200. The number of hydrogen-bond donors (Lipinski definition) is 1. The molecule has 3 aliphatic rings. The molecule has 182 valence electrons. The lowest BCUT2D eigenvalue weighted by Crippen LogP contribution is -2.44. The number of aryl methyl sites for hydroxylation is 1. The van der Waals surface area contributed by atoms with Gasteiger partial charge < -0.3 is 5.32 Å². The Morgan fingerprint density at radius 3 is 2.76 bits per heavy atom. The summed E-state index contributed by atoms with van der Waals surface area (Å²) in [5.74, 6) is 2.24. The first-order valence-corrected chi connectivity index (χ1v) is 13.8. The Kier molecular flexibility index (Phi) is 5.99. The number of amides is 1. The van der Waals surface area contributed by atoms with Gasteiger partial charge in [-0.2, -0.15) is 0 Å². The summed E-state index contributed by atoms with van der Waals surface area (Å²) in [5, 5.41) is 3.62. The van der Waals surface area contributed by atoms with Gasteiger partial charge in [0, 0.05) is 29.3 Å². The molecule has 3 aliphatic carbocycles. The molecule has 0 bridgehead atoms. The standard InChI is InChI=1S/C29H38N2O2S/c1-17-16-30-27(34-17)31-25(33)12-9-18-15-24(32)29(5)14-13-20-19-7-6-8-23(28(2,3)4)21(19)10-11-22(20)26(18)29/h6-8,16,18,20,22,26H,9-15H2,1-5H3,(H,30,31,33)/t18-,20?,22?,26?,29-/m1/s1. The molecular formula is C29H38N2O2S. The van der Waals surface area contributed by atoms with Gasteiger partial charge in [-0.05, 0) is 84.8 Å². The fraction of sp³-hybridized carbons (Fsp3) is 0.621. The maximum atomic E-state index is 13.3. The van der Waals surface area contributed by atoms with Crippen LogP contribution in [0.1, 0.15) is 93.7 Å². The van der Waals surface area contributed by atoms with Crippen LogP contribution in [-0.2, 0) is 21.4 Å². The molecule has 0 radical (unpaired) electrons. The average Bonchev–Trinajstić information content (AvgIpc) is 3.30. The number of Topliss-reactive ketones (excluding diaryl/α,β-unsaturated/α-hetero) is 1. The molecule has 0 spiro atoms. The van der Waals surface area contributed by atoms with Crippen LogP contribution < -0.4 is 5.32 Å². The van der Waals surface area contributed by atoms with Gasteiger partial charge in [0.05, 0.1) is 0 Å². The summed E-state index contributed by atoms with van der Waals surface area (Å²) in [7, 11) is 0. The van der Waals surface area contributed by atoms with Crippen LogP contribution in [0.3, 0.4) is 0 Å². The molecule has 0 aliphatic heterocycles. The third kappa shape index (κ3) is 4.04. The Morgan fingerprint density at radius 2 is 2.06 bits per heavy atom. The van der Waals surface area contributed by atoms with Crippen molar-refractivity contribution in [2.75, 3.05) is 5.32 Å². The number of rotatable bonds is 4. The Labute approximate surface area is 208 Å². The molecule has 1 amide bonds. The van der Waals surface area contributed by atoms with E-state index in [4.69, 9.17) is 0 Å². The van der Waals surface area contributed by atoms with Crippen molar-refractivity contribution in [3.8, 4) is 0 Å². The van der Waals surface area contributed by atoms with Crippen LogP contribution >= 0.6 is 11.3 Å². The number of carbonyl (C=O) groups is 2. The van der Waals surface area contributed by atoms with E-state index in [1.165, 1.54) is 23.3 Å². The lowest BCUT2D eigenvalue weighted by molar-refractivity contribution is -0.129. The monoisotopic (exact) mass is 478 g/mol. The van der Waals surface area contributed by atoms with E-state index in [-0.39, 0.29) is 16.7 Å². The number of hydrogen-bond acceptors (Lipinski definition) is 4. The van der Waals surface area contributed by atoms with E-state index in [2.05, 4.69) is 56.2 Å². The van der Waals surface area contributed by atoms with Crippen LogP contribution in [0.15, 0.2) is 24.4 Å². The number of carbonyl (C=O) groups excluding carboxylic acids is 2. The Bertz CT molecular complexity index is 1110. The van der Waals surface area contributed by atoms with Crippen LogP contribution in [0.2, 0.25) is 0 Å². The van der Waals surface area contributed by atoms with Crippen molar-refractivity contribution < 1.29 is 9.59 Å². The summed E-state index contributed by atoms with van der Waals surface area (Å²) in [5.41, 5.74) is 4.54. The van der Waals surface area contributed by atoms with E-state index in [9.17, 15) is 9.59 Å². The number of aromatic nitrogens is 1. The van der Waals surface area contributed by atoms with Crippen molar-refractivity contribution >= 4 is 28.2 Å². The second kappa shape index (κ2) is 8.58. The van der Waals surface area contributed by atoms with Gasteiger partial charge in [-0.1, -0.05) is 45.9 Å². The molecular weight excluding hydrogens is 440 g/mol. The largest absolute Gasteiger partial charge is 0.302 e. The van der Waals surface area contributed by atoms with Gasteiger partial charge in [0.15, 0.2) is 5.13 Å². The summed E-state index contributed by atoms with van der Waals surface area (Å²) in [6.45, 7) is 11.2. The highest BCUT2D eigenvalue weighted by atomic mass is 32.1. The maximum Gasteiger partial charge on any atom is 0.226 e. The van der Waals surface area contributed by atoms with E-state index in [1.54, 1.807) is 17.3 Å². The molecule has 2 aromatic rings. The quantitative estimate of drug-likeness (QED) is 0.524. The van der Waals surface area contributed by atoms with E-state index < -0.39 is 0 Å². The van der Waals surface area contributed by atoms with Crippen LogP contribution in [0, 0.1) is 30.1 Å². The highest BCUT2D eigenvalue weighted by Gasteiger charge is 2.58. The number of thiazole rings is 1. The zero-order valence-corrected chi connectivity index (χ0v) is 22.1. The molecule has 2 saturated carbocycles. The van der Waals surface area contributed by atoms with E-state index in [0.29, 0.717) is 47.4 Å². The van der Waals surface area contributed by atoms with Gasteiger partial charge in [0.25, 0.3) is 0 Å². The molecule has 5 heteroatoms. The molecule has 1 heterocycles. The molecule has 34 heavy (non-hydrogen) atoms. The highest BCUT2D eigenvalue weighted by molar-refractivity contribution is 7.15. The Morgan fingerprint density at radius 1 is 1.26 bits per heavy atom. The zero-order valence-electron chi connectivity index (χ0n) is 21.2. The lowest BCUT2D eigenvalue weighted by atomic mass is 9.53. The molecule has 1 aromatic carbocycles. The molecule has 3 unspecified atom stereocenters. The Balaban J connectivity index is 1.36. The highest BCUT2D eigenvalue weighted by Crippen LogP contribution is 2.62. The van der Waals surface area contributed by atoms with Crippen molar-refractivity contribution in [2.45, 2.75) is 90.9 Å². The van der Waals surface area contributed by atoms with Crippen LogP contribution in [0.25, 0.3) is 0 Å². The first kappa shape index (κ1) is 23.7. The topological polar surface area (TPSA) is 59.1 Å². The van der Waals surface area contributed by atoms with Crippen LogP contribution in [0.5, 0.6) is 0 Å². The smallest absolute Gasteiger partial charge is 0.226 e. The molecule has 0 saturated heterocycles. The molecule has 2 fully saturated rings. The molecule has 1 aromatic heterocycles. The van der Waals surface area contributed by atoms with Crippen molar-refractivity contribution in [2.24, 2.45) is 23.2 Å². The summed E-state index contributed by atoms with van der Waals surface area (Å²) >= 11 is 1.51. The molecule has 5 rings (SSSR count). The fourth-order valence-electron chi connectivity index (χ4n) is 7.56. The summed E-state index contributed by atoms with van der Waals surface area (Å²) < 4.78 is 0. The zero-order chi connectivity index (χ0) is 24.3. The van der Waals surface area contributed by atoms with E-state index in [0.717, 1.165) is 30.6 Å². The van der Waals surface area contributed by atoms with Gasteiger partial charge >= 0.3 is 0 Å². The van der Waals surface area contributed by atoms with E-state index in [1.807, 2.05) is 6.92 Å². The average molecular weight is 479 g/mol. The van der Waals surface area contributed by atoms with Crippen molar-refractivity contribution in [3.05, 3.63) is 46.0 Å². The molecule has 1 N–H and O–H groups in total. The van der Waals surface area contributed by atoms with Crippen molar-refractivity contribution in [1.82, 2.24) is 4.98 Å². The minimum Gasteiger partial charge on any atom is -0.302 e. The molecule has 5 atom stereocenters. The van der Waals surface area contributed by atoms with Gasteiger partial charge in [-0.25, -0.2) is 4.98 Å². The first-order chi connectivity index (χ1) is 16.1. The number of nitrogens with zero attached hydrogens (tertiary/aromatic N) is 1. The predicted octanol–water partition coefficient (Wildman–Crippen LogP) is 6.82. The van der Waals surface area contributed by atoms with Crippen molar-refractivity contribution in [3.63, 3.8) is 0 Å². The van der Waals surface area contributed by atoms with Gasteiger partial charge in [-0.3, -0.25) is 9.59 Å². The third-order valence-electron chi connectivity index (χ3n) is 9.04. The van der Waals surface area contributed by atoms with Gasteiger partial charge in [0.1, 0.15) is 5.78 Å². The normalized spacial score (nSPS) is 30.4. The predicted molar refractivity (Wildman–Crippen MR) is 138 cm³/mol. The second-order valence-electron chi connectivity index (χ2n) is 12.2. The summed E-state index contributed by atoms with van der Waals surface area (Å²) in [4.78, 5) is 31.3. The van der Waals surface area contributed by atoms with Crippen molar-refractivity contribution in [1.29, 1.82) is 0 Å². The number of benzene rings is 1. The van der Waals surface area contributed by atoms with Gasteiger partial charge in [0.2, 0.25) is 5.91 Å². The Hall–Kier alpha value is -2.01. The summed E-state index contributed by atoms with van der Waals surface area (Å²) in [6, 6.07) is 6.92. The SMILES string of the molecule is Cc1cnc(NC(=O)CC[C@@H]2CC(=O)[C@@]3(C)CCC4c5cccc(C(C)(C)C)c5CCC4C23)s1. The maximum absolute atomic E-state index is 13.3.